The first kappa shape index (κ1) is 17.6. The lowest BCUT2D eigenvalue weighted by molar-refractivity contribution is 0.328. The zero-order valence-corrected chi connectivity index (χ0v) is 14.9. The van der Waals surface area contributed by atoms with E-state index in [4.69, 9.17) is 16.3 Å². The summed E-state index contributed by atoms with van der Waals surface area (Å²) in [5, 5.41) is 17.4. The lowest BCUT2D eigenvalue weighted by atomic mass is 9.92. The molecule has 8 heteroatoms. The van der Waals surface area contributed by atoms with Gasteiger partial charge in [-0.25, -0.2) is 9.97 Å². The van der Waals surface area contributed by atoms with Crippen LogP contribution in [0.25, 0.3) is 11.3 Å². The summed E-state index contributed by atoms with van der Waals surface area (Å²) in [5.41, 5.74) is 1.33. The first-order valence-electron chi connectivity index (χ1n) is 8.42. The van der Waals surface area contributed by atoms with Crippen LogP contribution in [-0.2, 0) is 0 Å². The van der Waals surface area contributed by atoms with Crippen molar-refractivity contribution in [3.63, 3.8) is 0 Å². The van der Waals surface area contributed by atoms with E-state index in [-0.39, 0.29) is 11.3 Å². The summed E-state index contributed by atoms with van der Waals surface area (Å²) >= 11 is 5.89. The molecule has 0 amide bonds. The summed E-state index contributed by atoms with van der Waals surface area (Å²) in [4.78, 5) is 8.14. The Hall–Kier alpha value is -2.17. The molecule has 3 rings (SSSR count). The molecule has 0 aromatic carbocycles. The molecule has 1 fully saturated rings. The van der Waals surface area contributed by atoms with Gasteiger partial charge in [0.05, 0.1) is 25.6 Å². The van der Waals surface area contributed by atoms with Crippen molar-refractivity contribution < 1.29 is 4.74 Å². The Kier molecular flexibility index (Phi) is 5.84. The average Bonchev–Trinajstić information content (AvgIpc) is 3.13. The molecule has 2 aromatic rings. The standard InChI is InChI=1S/C17H21ClN6O/c1-25-15-10-21-17(18)23-16(15)13-9-22-24(11-13)14(8-19)3-2-12-4-6-20-7-5-12/h9-12,14,20H,2-7H2,1H3. The predicted molar refractivity (Wildman–Crippen MR) is 94.3 cm³/mol. The van der Waals surface area contributed by atoms with Gasteiger partial charge in [-0.05, 0) is 56.3 Å². The fourth-order valence-electron chi connectivity index (χ4n) is 3.16. The maximum atomic E-state index is 9.54. The van der Waals surface area contributed by atoms with Gasteiger partial charge in [0.15, 0.2) is 5.75 Å². The number of halogens is 1. The molecular formula is C17H21ClN6O. The van der Waals surface area contributed by atoms with Crippen LogP contribution < -0.4 is 10.1 Å². The highest BCUT2D eigenvalue weighted by Gasteiger charge is 2.19. The van der Waals surface area contributed by atoms with Crippen LogP contribution in [0.5, 0.6) is 5.75 Å². The molecule has 0 bridgehead atoms. The van der Waals surface area contributed by atoms with Gasteiger partial charge in [0.2, 0.25) is 5.28 Å². The molecule has 0 saturated carbocycles. The second kappa shape index (κ2) is 8.28. The highest BCUT2D eigenvalue weighted by molar-refractivity contribution is 6.28. The average molecular weight is 361 g/mol. The fourth-order valence-corrected chi connectivity index (χ4v) is 3.29. The van der Waals surface area contributed by atoms with Gasteiger partial charge in [0.1, 0.15) is 11.7 Å². The highest BCUT2D eigenvalue weighted by atomic mass is 35.5. The lowest BCUT2D eigenvalue weighted by Gasteiger charge is -2.23. The number of hydrogen-bond acceptors (Lipinski definition) is 6. The maximum absolute atomic E-state index is 9.54. The zero-order chi connectivity index (χ0) is 17.6. The van der Waals surface area contributed by atoms with Crippen molar-refractivity contribution >= 4 is 11.6 Å². The van der Waals surface area contributed by atoms with Crippen LogP contribution >= 0.6 is 11.6 Å². The Morgan fingerprint density at radius 3 is 2.96 bits per heavy atom. The molecule has 3 heterocycles. The summed E-state index contributed by atoms with van der Waals surface area (Å²) < 4.78 is 6.99. The maximum Gasteiger partial charge on any atom is 0.223 e. The molecule has 0 radical (unpaired) electrons. The van der Waals surface area contributed by atoms with Crippen molar-refractivity contribution in [3.05, 3.63) is 23.9 Å². The fraction of sp³-hybridized carbons (Fsp3) is 0.529. The van der Waals surface area contributed by atoms with Gasteiger partial charge in [-0.1, -0.05) is 0 Å². The van der Waals surface area contributed by atoms with Gasteiger partial charge in [-0.3, -0.25) is 4.68 Å². The number of rotatable bonds is 6. The van der Waals surface area contributed by atoms with Crippen LogP contribution in [-0.4, -0.2) is 39.9 Å². The first-order valence-corrected chi connectivity index (χ1v) is 8.80. The van der Waals surface area contributed by atoms with E-state index in [0.717, 1.165) is 31.5 Å². The van der Waals surface area contributed by atoms with E-state index in [1.807, 2.05) is 6.20 Å². The summed E-state index contributed by atoms with van der Waals surface area (Å²) in [5.74, 6) is 1.21. The normalized spacial score (nSPS) is 16.4. The van der Waals surface area contributed by atoms with Gasteiger partial charge in [0.25, 0.3) is 0 Å². The quantitative estimate of drug-likeness (QED) is 0.797. The molecule has 1 aliphatic rings. The largest absolute Gasteiger partial charge is 0.493 e. The number of nitriles is 1. The Morgan fingerprint density at radius 1 is 1.44 bits per heavy atom. The van der Waals surface area contributed by atoms with E-state index < -0.39 is 0 Å². The molecule has 1 atom stereocenters. The summed E-state index contributed by atoms with van der Waals surface area (Å²) in [6.07, 6.45) is 9.22. The van der Waals surface area contributed by atoms with E-state index in [0.29, 0.717) is 17.4 Å². The minimum Gasteiger partial charge on any atom is -0.493 e. The van der Waals surface area contributed by atoms with Crippen LogP contribution in [0.1, 0.15) is 31.7 Å². The third-order valence-corrected chi connectivity index (χ3v) is 4.78. The van der Waals surface area contributed by atoms with Crippen molar-refractivity contribution in [2.75, 3.05) is 20.2 Å². The van der Waals surface area contributed by atoms with Crippen LogP contribution in [0.15, 0.2) is 18.6 Å². The van der Waals surface area contributed by atoms with Gasteiger partial charge in [-0.2, -0.15) is 10.4 Å². The highest BCUT2D eigenvalue weighted by Crippen LogP contribution is 2.29. The molecule has 1 N–H and O–H groups in total. The first-order chi connectivity index (χ1) is 12.2. The van der Waals surface area contributed by atoms with Gasteiger partial charge >= 0.3 is 0 Å². The Labute approximate surface area is 152 Å². The molecule has 132 valence electrons. The van der Waals surface area contributed by atoms with Crippen LogP contribution in [0.4, 0.5) is 0 Å². The zero-order valence-electron chi connectivity index (χ0n) is 14.2. The molecule has 1 unspecified atom stereocenters. The molecular weight excluding hydrogens is 340 g/mol. The van der Waals surface area contributed by atoms with Gasteiger partial charge < -0.3 is 10.1 Å². The number of piperidine rings is 1. The van der Waals surface area contributed by atoms with Crippen LogP contribution in [0, 0.1) is 17.2 Å². The monoisotopic (exact) mass is 360 g/mol. The molecule has 7 nitrogen and oxygen atoms in total. The number of hydrogen-bond donors (Lipinski definition) is 1. The summed E-state index contributed by atoms with van der Waals surface area (Å²) in [6, 6.07) is 2.07. The van der Waals surface area contributed by atoms with Gasteiger partial charge in [0, 0.05) is 11.8 Å². The Bertz CT molecular complexity index is 750. The third-order valence-electron chi connectivity index (χ3n) is 4.60. The van der Waals surface area contributed by atoms with E-state index in [2.05, 4.69) is 26.5 Å². The topological polar surface area (TPSA) is 88.7 Å². The number of aromatic nitrogens is 4. The van der Waals surface area contributed by atoms with Crippen molar-refractivity contribution in [3.8, 4) is 23.1 Å². The van der Waals surface area contributed by atoms with Crippen molar-refractivity contribution in [2.24, 2.45) is 5.92 Å². The predicted octanol–water partition coefficient (Wildman–Crippen LogP) is 2.85. The molecule has 0 spiro atoms. The van der Waals surface area contributed by atoms with Crippen LogP contribution in [0.3, 0.4) is 0 Å². The number of methoxy groups -OCH3 is 1. The van der Waals surface area contributed by atoms with E-state index in [1.165, 1.54) is 19.0 Å². The van der Waals surface area contributed by atoms with Crippen LogP contribution in [0.2, 0.25) is 5.28 Å². The molecule has 2 aromatic heterocycles. The van der Waals surface area contributed by atoms with E-state index in [9.17, 15) is 5.26 Å². The van der Waals surface area contributed by atoms with Crippen molar-refractivity contribution in [1.29, 1.82) is 5.26 Å². The van der Waals surface area contributed by atoms with Crippen molar-refractivity contribution in [2.45, 2.75) is 31.7 Å². The molecule has 25 heavy (non-hydrogen) atoms. The summed E-state index contributed by atoms with van der Waals surface area (Å²) in [7, 11) is 1.55. The second-order valence-corrected chi connectivity index (χ2v) is 6.52. The van der Waals surface area contributed by atoms with Gasteiger partial charge in [-0.15, -0.1) is 0 Å². The third kappa shape index (κ3) is 4.27. The lowest BCUT2D eigenvalue weighted by Crippen LogP contribution is -2.28. The number of nitrogens with zero attached hydrogens (tertiary/aromatic N) is 5. The Balaban J connectivity index is 1.73. The van der Waals surface area contributed by atoms with E-state index in [1.54, 1.807) is 18.0 Å². The van der Waals surface area contributed by atoms with E-state index >= 15 is 0 Å². The SMILES string of the molecule is COc1cnc(Cl)nc1-c1cnn(C(C#N)CCC2CCNCC2)c1. The Morgan fingerprint density at radius 2 is 2.24 bits per heavy atom. The minimum atomic E-state index is -0.285. The number of ether oxygens (including phenoxy) is 1. The van der Waals surface area contributed by atoms with Crippen molar-refractivity contribution in [1.82, 2.24) is 25.1 Å². The number of nitrogens with one attached hydrogen (secondary N) is 1. The minimum absolute atomic E-state index is 0.145. The summed E-state index contributed by atoms with van der Waals surface area (Å²) in [6.45, 7) is 2.14. The molecule has 0 aliphatic carbocycles. The molecule has 1 saturated heterocycles. The molecule has 1 aliphatic heterocycles. The smallest absolute Gasteiger partial charge is 0.223 e. The second-order valence-electron chi connectivity index (χ2n) is 6.18.